The van der Waals surface area contributed by atoms with Crippen molar-refractivity contribution in [3.05, 3.63) is 24.5 Å². The topological polar surface area (TPSA) is 111 Å². The molecule has 3 aliphatic rings. The third-order valence-electron chi connectivity index (χ3n) is 7.23. The van der Waals surface area contributed by atoms with Crippen molar-refractivity contribution in [1.29, 1.82) is 10.8 Å². The van der Waals surface area contributed by atoms with Crippen LogP contribution in [0, 0.1) is 10.8 Å². The van der Waals surface area contributed by atoms with Gasteiger partial charge < -0.3 is 20.0 Å². The number of hydrogen-bond donors (Lipinski definition) is 3. The fraction of sp³-hybridized carbons (Fsp3) is 0.542. The second-order valence-corrected chi connectivity index (χ2v) is 9.38. The van der Waals surface area contributed by atoms with E-state index in [2.05, 4.69) is 44.0 Å². The van der Waals surface area contributed by atoms with Gasteiger partial charge in [-0.1, -0.05) is 19.8 Å². The summed E-state index contributed by atoms with van der Waals surface area (Å²) in [4.78, 5) is 22.6. The predicted molar refractivity (Wildman–Crippen MR) is 137 cm³/mol. The molecule has 4 heterocycles. The normalized spacial score (nSPS) is 21.6. The lowest BCUT2D eigenvalue weighted by molar-refractivity contribution is 0.312. The van der Waals surface area contributed by atoms with Crippen LogP contribution in [0.25, 0.3) is 0 Å². The third kappa shape index (κ3) is 4.18. The van der Waals surface area contributed by atoms with E-state index in [9.17, 15) is 0 Å². The highest BCUT2D eigenvalue weighted by atomic mass is 15.4. The Balaban J connectivity index is 1.40. The fourth-order valence-corrected chi connectivity index (χ4v) is 5.31. The summed E-state index contributed by atoms with van der Waals surface area (Å²) >= 11 is 0. The summed E-state index contributed by atoms with van der Waals surface area (Å²) in [6, 6.07) is 4.34. The number of hydrogen-bond acceptors (Lipinski definition) is 9. The number of fused-ring (bicyclic) bond motifs is 1. The highest BCUT2D eigenvalue weighted by Crippen LogP contribution is 2.40. The first-order valence-corrected chi connectivity index (χ1v) is 12.3. The van der Waals surface area contributed by atoms with Crippen LogP contribution < -0.4 is 20.0 Å². The first-order valence-electron chi connectivity index (χ1n) is 12.3. The summed E-state index contributed by atoms with van der Waals surface area (Å²) in [5, 5.41) is 19.9. The summed E-state index contributed by atoms with van der Waals surface area (Å²) in [6.07, 6.45) is 10.2. The third-order valence-corrected chi connectivity index (χ3v) is 7.23. The number of anilines is 5. The van der Waals surface area contributed by atoms with Gasteiger partial charge in [-0.15, -0.1) is 0 Å². The standard InChI is InChI=1S/C24H34N10/c1-3-19-22(26)33(16-25)20-15-28-24(30-23(20)34(19)18-6-4-5-7-18)29-17-8-9-21(27-14-17)32-12-10-31(2)11-13-32/h8-9,14-16,18-19,25-26H,3-7,10-13H2,1-2H3,(H,28,29,30)/t19-/m1/s1. The summed E-state index contributed by atoms with van der Waals surface area (Å²) in [5.41, 5.74) is 1.54. The molecular weight excluding hydrogens is 428 g/mol. The zero-order valence-corrected chi connectivity index (χ0v) is 20.0. The zero-order chi connectivity index (χ0) is 23.7. The number of pyridine rings is 1. The van der Waals surface area contributed by atoms with Gasteiger partial charge in [0.2, 0.25) is 5.95 Å². The quantitative estimate of drug-likeness (QED) is 0.443. The molecule has 10 nitrogen and oxygen atoms in total. The lowest BCUT2D eigenvalue weighted by Gasteiger charge is -2.44. The van der Waals surface area contributed by atoms with Gasteiger partial charge in [0.1, 0.15) is 17.3 Å². The van der Waals surface area contributed by atoms with Gasteiger partial charge >= 0.3 is 0 Å². The highest BCUT2D eigenvalue weighted by molar-refractivity contribution is 6.16. The van der Waals surface area contributed by atoms with Crippen molar-refractivity contribution in [2.75, 3.05) is 53.2 Å². The highest BCUT2D eigenvalue weighted by Gasteiger charge is 2.40. The van der Waals surface area contributed by atoms with Gasteiger partial charge in [0.05, 0.1) is 30.5 Å². The SMILES string of the molecule is CC[C@@H]1C(=N)N(C=N)c2cnc(Nc3ccc(N4CCN(C)CC4)nc3)nc2N1C1CCCC1. The van der Waals surface area contributed by atoms with E-state index in [1.54, 1.807) is 11.1 Å². The maximum absolute atomic E-state index is 8.72. The monoisotopic (exact) mass is 462 g/mol. The number of nitrogens with one attached hydrogen (secondary N) is 3. The van der Waals surface area contributed by atoms with Crippen LogP contribution >= 0.6 is 0 Å². The van der Waals surface area contributed by atoms with Crippen molar-refractivity contribution in [2.24, 2.45) is 0 Å². The van der Waals surface area contributed by atoms with Crippen molar-refractivity contribution < 1.29 is 0 Å². The Morgan fingerprint density at radius 1 is 1.09 bits per heavy atom. The van der Waals surface area contributed by atoms with Crippen LogP contribution in [-0.2, 0) is 0 Å². The number of aromatic nitrogens is 3. The molecule has 180 valence electrons. The first kappa shape index (κ1) is 22.5. The summed E-state index contributed by atoms with van der Waals surface area (Å²) < 4.78 is 0. The molecular formula is C24H34N10. The van der Waals surface area contributed by atoms with E-state index in [1.165, 1.54) is 19.2 Å². The minimum absolute atomic E-state index is 0.0931. The molecule has 0 aromatic carbocycles. The van der Waals surface area contributed by atoms with Gasteiger partial charge in [0.15, 0.2) is 5.82 Å². The Kier molecular flexibility index (Phi) is 6.32. The summed E-state index contributed by atoms with van der Waals surface area (Å²) in [5.74, 6) is 2.72. The molecule has 0 spiro atoms. The molecule has 1 saturated heterocycles. The van der Waals surface area contributed by atoms with Crippen molar-refractivity contribution in [1.82, 2.24) is 19.9 Å². The van der Waals surface area contributed by atoms with E-state index in [4.69, 9.17) is 15.8 Å². The molecule has 1 saturated carbocycles. The Morgan fingerprint density at radius 2 is 1.85 bits per heavy atom. The Labute approximate surface area is 201 Å². The van der Waals surface area contributed by atoms with Gasteiger partial charge in [0.25, 0.3) is 0 Å². The van der Waals surface area contributed by atoms with Gasteiger partial charge in [-0.3, -0.25) is 15.7 Å². The smallest absolute Gasteiger partial charge is 0.229 e. The second kappa shape index (κ2) is 9.54. The maximum Gasteiger partial charge on any atom is 0.229 e. The molecule has 3 N–H and O–H groups in total. The molecule has 2 aromatic heterocycles. The van der Waals surface area contributed by atoms with Crippen LogP contribution in [0.1, 0.15) is 39.0 Å². The van der Waals surface area contributed by atoms with E-state index in [1.807, 2.05) is 18.3 Å². The molecule has 2 fully saturated rings. The maximum atomic E-state index is 8.72. The van der Waals surface area contributed by atoms with E-state index in [0.717, 1.165) is 62.8 Å². The number of amidine groups is 1. The zero-order valence-electron chi connectivity index (χ0n) is 20.0. The van der Waals surface area contributed by atoms with Gasteiger partial charge in [-0.25, -0.2) is 9.97 Å². The van der Waals surface area contributed by atoms with Crippen LogP contribution in [0.2, 0.25) is 0 Å². The van der Waals surface area contributed by atoms with E-state index in [-0.39, 0.29) is 6.04 Å². The van der Waals surface area contributed by atoms with E-state index in [0.29, 0.717) is 23.5 Å². The first-order chi connectivity index (χ1) is 16.6. The largest absolute Gasteiger partial charge is 0.354 e. The second-order valence-electron chi connectivity index (χ2n) is 9.38. The van der Waals surface area contributed by atoms with Crippen molar-refractivity contribution >= 4 is 41.1 Å². The lowest BCUT2D eigenvalue weighted by Crippen LogP contribution is -2.56. The Bertz CT molecular complexity index is 1020. The molecule has 0 unspecified atom stereocenters. The number of likely N-dealkylation sites (N-methyl/N-ethyl adjacent to an activating group) is 1. The average Bonchev–Trinajstić information content (AvgIpc) is 3.39. The van der Waals surface area contributed by atoms with E-state index < -0.39 is 0 Å². The lowest BCUT2D eigenvalue weighted by atomic mass is 10.0. The molecule has 1 atom stereocenters. The molecule has 1 aliphatic carbocycles. The number of rotatable bonds is 6. The molecule has 0 bridgehead atoms. The molecule has 10 heteroatoms. The molecule has 0 radical (unpaired) electrons. The average molecular weight is 463 g/mol. The minimum Gasteiger partial charge on any atom is -0.354 e. The van der Waals surface area contributed by atoms with Crippen LogP contribution in [-0.4, -0.2) is 77.3 Å². The summed E-state index contributed by atoms with van der Waals surface area (Å²) in [7, 11) is 2.15. The molecule has 34 heavy (non-hydrogen) atoms. The summed E-state index contributed by atoms with van der Waals surface area (Å²) in [6.45, 7) is 6.16. The van der Waals surface area contributed by atoms with Crippen LogP contribution in [0.4, 0.5) is 29.0 Å². The van der Waals surface area contributed by atoms with Crippen LogP contribution in [0.3, 0.4) is 0 Å². The van der Waals surface area contributed by atoms with Gasteiger partial charge in [-0.05, 0) is 38.4 Å². The molecule has 2 aliphatic heterocycles. The molecule has 5 rings (SSSR count). The minimum atomic E-state index is -0.0931. The van der Waals surface area contributed by atoms with Crippen molar-refractivity contribution in [2.45, 2.75) is 51.1 Å². The van der Waals surface area contributed by atoms with Crippen molar-refractivity contribution in [3.63, 3.8) is 0 Å². The fourth-order valence-electron chi connectivity index (χ4n) is 5.31. The Morgan fingerprint density at radius 3 is 2.50 bits per heavy atom. The number of nitrogens with zero attached hydrogens (tertiary/aromatic N) is 7. The van der Waals surface area contributed by atoms with Crippen molar-refractivity contribution in [3.8, 4) is 0 Å². The van der Waals surface area contributed by atoms with E-state index >= 15 is 0 Å². The Hall–Kier alpha value is -3.27. The molecule has 2 aromatic rings. The van der Waals surface area contributed by atoms with Gasteiger partial charge in [-0.2, -0.15) is 4.98 Å². The van der Waals surface area contributed by atoms with Gasteiger partial charge in [0, 0.05) is 32.2 Å². The molecule has 0 amide bonds. The predicted octanol–water partition coefficient (Wildman–Crippen LogP) is 3.30. The number of piperazine rings is 1. The van der Waals surface area contributed by atoms with Crippen LogP contribution in [0.5, 0.6) is 0 Å². The van der Waals surface area contributed by atoms with Crippen LogP contribution in [0.15, 0.2) is 24.5 Å².